The van der Waals surface area contributed by atoms with Gasteiger partial charge in [-0.05, 0) is 18.2 Å². The van der Waals surface area contributed by atoms with Gasteiger partial charge in [0.05, 0.1) is 10.8 Å². The quantitative estimate of drug-likeness (QED) is 0.601. The van der Waals surface area contributed by atoms with Crippen molar-refractivity contribution >= 4 is 22.1 Å². The van der Waals surface area contributed by atoms with Gasteiger partial charge in [0.1, 0.15) is 17.2 Å². The number of aromatic amines is 1. The van der Waals surface area contributed by atoms with Crippen LogP contribution < -0.4 is 11.0 Å². The Balaban J connectivity index is 2.62. The Morgan fingerprint density at radius 3 is 2.72 bits per heavy atom. The Morgan fingerprint density at radius 1 is 1.17 bits per heavy atom. The molecule has 0 amide bonds. The van der Waals surface area contributed by atoms with E-state index in [9.17, 15) is 9.59 Å². The van der Waals surface area contributed by atoms with Crippen molar-refractivity contribution in [2.45, 2.75) is 0 Å². The van der Waals surface area contributed by atoms with Crippen molar-refractivity contribution in [1.82, 2.24) is 4.98 Å². The fraction of sp³-hybridized carbons (Fsp3) is 0. The summed E-state index contributed by atoms with van der Waals surface area (Å²) in [6, 6.07) is 9.74. The molecule has 0 saturated heterocycles. The van der Waals surface area contributed by atoms with Gasteiger partial charge in [0.25, 0.3) is 5.56 Å². The van der Waals surface area contributed by atoms with Gasteiger partial charge in [-0.1, -0.05) is 12.1 Å². The average molecular weight is 238 g/mol. The fourth-order valence-electron chi connectivity index (χ4n) is 1.84. The number of rotatable bonds is 0. The highest BCUT2D eigenvalue weighted by molar-refractivity contribution is 5.88. The summed E-state index contributed by atoms with van der Waals surface area (Å²) in [5.74, 6) is 0. The maximum Gasteiger partial charge on any atom is 0.268 e. The molecule has 3 rings (SSSR count). The lowest BCUT2D eigenvalue weighted by molar-refractivity contribution is 0.643. The van der Waals surface area contributed by atoms with Crippen molar-refractivity contribution in [1.29, 1.82) is 5.26 Å². The first-order chi connectivity index (χ1) is 8.70. The first-order valence-corrected chi connectivity index (χ1v) is 5.19. The second kappa shape index (κ2) is 3.57. The third-order valence-electron chi connectivity index (χ3n) is 2.71. The third kappa shape index (κ3) is 1.33. The van der Waals surface area contributed by atoms with Crippen LogP contribution >= 0.6 is 0 Å². The minimum absolute atomic E-state index is 0.0858. The van der Waals surface area contributed by atoms with Crippen LogP contribution in [0.3, 0.4) is 0 Å². The molecule has 2 aromatic heterocycles. The van der Waals surface area contributed by atoms with Crippen LogP contribution in [0.15, 0.2) is 44.3 Å². The van der Waals surface area contributed by atoms with Crippen LogP contribution in [-0.4, -0.2) is 4.98 Å². The van der Waals surface area contributed by atoms with E-state index in [1.54, 1.807) is 30.3 Å². The normalized spacial score (nSPS) is 10.6. The largest absolute Gasteiger partial charge is 0.439 e. The molecule has 0 aliphatic carbocycles. The molecule has 0 aliphatic rings. The Morgan fingerprint density at radius 2 is 1.94 bits per heavy atom. The Hall–Kier alpha value is -2.87. The van der Waals surface area contributed by atoms with Crippen LogP contribution in [-0.2, 0) is 0 Å². The second-order valence-corrected chi connectivity index (χ2v) is 3.79. The molecule has 5 heteroatoms. The summed E-state index contributed by atoms with van der Waals surface area (Å²) in [6.07, 6.45) is 0. The Bertz CT molecular complexity index is 929. The second-order valence-electron chi connectivity index (χ2n) is 3.79. The summed E-state index contributed by atoms with van der Waals surface area (Å²) in [7, 11) is 0. The van der Waals surface area contributed by atoms with Crippen molar-refractivity contribution < 1.29 is 4.42 Å². The third-order valence-corrected chi connectivity index (χ3v) is 2.71. The maximum absolute atomic E-state index is 12.2. The lowest BCUT2D eigenvalue weighted by Gasteiger charge is -2.00. The highest BCUT2D eigenvalue weighted by Gasteiger charge is 2.10. The van der Waals surface area contributed by atoms with Crippen molar-refractivity contribution in [2.75, 3.05) is 0 Å². The number of H-pyrrole nitrogens is 1. The van der Waals surface area contributed by atoms with E-state index in [4.69, 9.17) is 9.68 Å². The molecule has 3 aromatic rings. The Kier molecular flexibility index (Phi) is 2.04. The molecule has 0 radical (unpaired) electrons. The molecule has 0 unspecified atom stereocenters. The van der Waals surface area contributed by atoms with Crippen LogP contribution in [0.2, 0.25) is 0 Å². The Labute approximate surface area is 99.9 Å². The topological polar surface area (TPSA) is 86.9 Å². The minimum atomic E-state index is -0.566. The average Bonchev–Trinajstić information content (AvgIpc) is 2.38. The summed E-state index contributed by atoms with van der Waals surface area (Å²) in [5.41, 5.74) is -0.453. The van der Waals surface area contributed by atoms with Gasteiger partial charge in [-0.2, -0.15) is 5.26 Å². The maximum atomic E-state index is 12.2. The first-order valence-electron chi connectivity index (χ1n) is 5.19. The molecular formula is C13H6N2O3. The fourth-order valence-corrected chi connectivity index (χ4v) is 1.84. The predicted octanol–water partition coefficient (Wildman–Crippen LogP) is 1.51. The molecule has 86 valence electrons. The van der Waals surface area contributed by atoms with Crippen molar-refractivity contribution in [3.05, 3.63) is 56.5 Å². The molecule has 0 aliphatic heterocycles. The van der Waals surface area contributed by atoms with Crippen LogP contribution in [0.25, 0.3) is 22.1 Å². The molecule has 0 bridgehead atoms. The number of para-hydroxylation sites is 1. The number of benzene rings is 1. The minimum Gasteiger partial charge on any atom is -0.439 e. The number of aromatic nitrogens is 1. The standard InChI is InChI=1S/C13H6N2O3/c14-6-7-5-9-11(16)8-3-1-2-4-10(8)18-13(9)15-12(7)17/h1-5H,(H,15,17). The lowest BCUT2D eigenvalue weighted by Crippen LogP contribution is -2.13. The molecule has 1 N–H and O–H groups in total. The van der Waals surface area contributed by atoms with Crippen LogP contribution in [0.5, 0.6) is 0 Å². The lowest BCUT2D eigenvalue weighted by atomic mass is 10.1. The number of nitrogens with zero attached hydrogens (tertiary/aromatic N) is 1. The van der Waals surface area contributed by atoms with E-state index in [0.29, 0.717) is 11.0 Å². The highest BCUT2D eigenvalue weighted by atomic mass is 16.3. The van der Waals surface area contributed by atoms with E-state index in [1.807, 2.05) is 0 Å². The summed E-state index contributed by atoms with van der Waals surface area (Å²) in [4.78, 5) is 26.0. The van der Waals surface area contributed by atoms with Crippen LogP contribution in [0.1, 0.15) is 5.56 Å². The molecule has 0 spiro atoms. The zero-order chi connectivity index (χ0) is 12.7. The number of fused-ring (bicyclic) bond motifs is 2. The number of hydrogen-bond acceptors (Lipinski definition) is 4. The van der Waals surface area contributed by atoms with E-state index in [0.717, 1.165) is 0 Å². The summed E-state index contributed by atoms with van der Waals surface area (Å²) < 4.78 is 5.44. The van der Waals surface area contributed by atoms with E-state index in [-0.39, 0.29) is 22.1 Å². The molecular weight excluding hydrogens is 232 g/mol. The van der Waals surface area contributed by atoms with Gasteiger partial charge in [-0.15, -0.1) is 0 Å². The molecule has 5 nitrogen and oxygen atoms in total. The SMILES string of the molecule is N#Cc1cc2c(=O)c3ccccc3oc2[nH]c1=O. The first kappa shape index (κ1) is 10.3. The number of hydrogen-bond donors (Lipinski definition) is 1. The zero-order valence-corrected chi connectivity index (χ0v) is 9.06. The van der Waals surface area contributed by atoms with Gasteiger partial charge >= 0.3 is 0 Å². The summed E-state index contributed by atoms with van der Waals surface area (Å²) in [6.45, 7) is 0. The predicted molar refractivity (Wildman–Crippen MR) is 65.3 cm³/mol. The summed E-state index contributed by atoms with van der Waals surface area (Å²) >= 11 is 0. The molecule has 1 aromatic carbocycles. The van der Waals surface area contributed by atoms with Gasteiger partial charge in [0.2, 0.25) is 11.1 Å². The van der Waals surface area contributed by atoms with Gasteiger partial charge in [-0.3, -0.25) is 14.6 Å². The number of nitriles is 1. The van der Waals surface area contributed by atoms with Gasteiger partial charge in [0, 0.05) is 0 Å². The van der Waals surface area contributed by atoms with Crippen LogP contribution in [0, 0.1) is 11.3 Å². The molecule has 0 fully saturated rings. The van der Waals surface area contributed by atoms with Crippen molar-refractivity contribution in [3.8, 4) is 6.07 Å². The van der Waals surface area contributed by atoms with Crippen molar-refractivity contribution in [2.24, 2.45) is 0 Å². The van der Waals surface area contributed by atoms with Gasteiger partial charge in [0.15, 0.2) is 0 Å². The molecule has 0 atom stereocenters. The van der Waals surface area contributed by atoms with Crippen molar-refractivity contribution in [3.63, 3.8) is 0 Å². The van der Waals surface area contributed by atoms with E-state index in [2.05, 4.69) is 4.98 Å². The van der Waals surface area contributed by atoms with E-state index >= 15 is 0 Å². The molecule has 18 heavy (non-hydrogen) atoms. The molecule has 2 heterocycles. The summed E-state index contributed by atoms with van der Waals surface area (Å²) in [5, 5.41) is 9.40. The number of nitrogens with one attached hydrogen (secondary N) is 1. The molecule has 0 saturated carbocycles. The zero-order valence-electron chi connectivity index (χ0n) is 9.06. The van der Waals surface area contributed by atoms with Gasteiger partial charge < -0.3 is 4.42 Å². The smallest absolute Gasteiger partial charge is 0.268 e. The van der Waals surface area contributed by atoms with Crippen LogP contribution in [0.4, 0.5) is 0 Å². The van der Waals surface area contributed by atoms with Gasteiger partial charge in [-0.25, -0.2) is 0 Å². The number of pyridine rings is 1. The highest BCUT2D eigenvalue weighted by Crippen LogP contribution is 2.15. The monoisotopic (exact) mass is 238 g/mol. The van der Waals surface area contributed by atoms with E-state index < -0.39 is 5.56 Å². The van der Waals surface area contributed by atoms with E-state index in [1.165, 1.54) is 6.07 Å².